The van der Waals surface area contributed by atoms with Gasteiger partial charge < -0.3 is 11.1 Å². The molecular formula is C10H17N3OS. The molecule has 1 atom stereocenters. The van der Waals surface area contributed by atoms with Crippen molar-refractivity contribution in [3.8, 4) is 0 Å². The molecule has 0 saturated heterocycles. The van der Waals surface area contributed by atoms with Gasteiger partial charge in [0.1, 0.15) is 5.01 Å². The fourth-order valence-corrected chi connectivity index (χ4v) is 2.12. The first-order valence-electron chi connectivity index (χ1n) is 5.03. The number of rotatable bonds is 5. The number of hydrogen-bond acceptors (Lipinski definition) is 4. The van der Waals surface area contributed by atoms with Crippen LogP contribution in [0.4, 0.5) is 0 Å². The quantitative estimate of drug-likeness (QED) is 0.795. The van der Waals surface area contributed by atoms with Gasteiger partial charge in [-0.2, -0.15) is 0 Å². The summed E-state index contributed by atoms with van der Waals surface area (Å²) in [7, 11) is 0. The van der Waals surface area contributed by atoms with Crippen LogP contribution in [0.1, 0.15) is 31.7 Å². The Morgan fingerprint density at radius 2 is 2.47 bits per heavy atom. The van der Waals surface area contributed by atoms with Crippen LogP contribution in [0.15, 0.2) is 11.6 Å². The highest BCUT2D eigenvalue weighted by Gasteiger charge is 2.28. The Balaban J connectivity index is 2.73. The zero-order valence-electron chi connectivity index (χ0n) is 9.12. The van der Waals surface area contributed by atoms with E-state index in [0.29, 0.717) is 13.0 Å². The molecule has 1 rings (SSSR count). The number of aromatic nitrogens is 1. The van der Waals surface area contributed by atoms with Crippen molar-refractivity contribution in [3.63, 3.8) is 0 Å². The first-order valence-corrected chi connectivity index (χ1v) is 5.91. The molecule has 0 bridgehead atoms. The van der Waals surface area contributed by atoms with Crippen molar-refractivity contribution in [2.24, 2.45) is 5.73 Å². The average molecular weight is 227 g/mol. The van der Waals surface area contributed by atoms with Gasteiger partial charge >= 0.3 is 0 Å². The second kappa shape index (κ2) is 5.23. The minimum atomic E-state index is -0.361. The highest BCUT2D eigenvalue weighted by atomic mass is 32.1. The van der Waals surface area contributed by atoms with Crippen LogP contribution in [0, 0.1) is 0 Å². The maximum absolute atomic E-state index is 11.5. The second-order valence-corrected chi connectivity index (χ2v) is 4.50. The highest BCUT2D eigenvalue weighted by molar-refractivity contribution is 7.09. The molecule has 5 heteroatoms. The van der Waals surface area contributed by atoms with E-state index in [-0.39, 0.29) is 11.4 Å². The highest BCUT2D eigenvalue weighted by Crippen LogP contribution is 2.26. The van der Waals surface area contributed by atoms with E-state index in [9.17, 15) is 4.79 Å². The summed E-state index contributed by atoms with van der Waals surface area (Å²) in [5.74, 6) is -0.0166. The van der Waals surface area contributed by atoms with Crippen molar-refractivity contribution in [3.05, 3.63) is 16.6 Å². The first-order chi connectivity index (χ1) is 7.12. The number of carbonyl (C=O) groups excluding carboxylic acids is 1. The van der Waals surface area contributed by atoms with E-state index in [1.807, 2.05) is 19.2 Å². The average Bonchev–Trinajstić information content (AvgIpc) is 2.71. The Morgan fingerprint density at radius 1 is 1.73 bits per heavy atom. The van der Waals surface area contributed by atoms with Crippen molar-refractivity contribution in [2.45, 2.75) is 32.2 Å². The SMILES string of the molecule is CCC(C)(NC(=O)CCN)c1nccs1. The Bertz CT molecular complexity index is 312. The van der Waals surface area contributed by atoms with Crippen LogP contribution in [-0.2, 0) is 10.3 Å². The molecule has 1 aromatic rings. The molecule has 1 heterocycles. The monoisotopic (exact) mass is 227 g/mol. The van der Waals surface area contributed by atoms with E-state index in [2.05, 4.69) is 10.3 Å². The fraction of sp³-hybridized carbons (Fsp3) is 0.600. The van der Waals surface area contributed by atoms with Gasteiger partial charge in [0.05, 0.1) is 5.54 Å². The van der Waals surface area contributed by atoms with E-state index < -0.39 is 0 Å². The molecule has 0 saturated carbocycles. The zero-order valence-corrected chi connectivity index (χ0v) is 9.93. The molecule has 0 spiro atoms. The van der Waals surface area contributed by atoms with Crippen LogP contribution in [0.5, 0.6) is 0 Å². The molecule has 1 unspecified atom stereocenters. The lowest BCUT2D eigenvalue weighted by atomic mass is 9.99. The molecule has 0 fully saturated rings. The van der Waals surface area contributed by atoms with E-state index in [1.54, 1.807) is 17.5 Å². The van der Waals surface area contributed by atoms with Crippen LogP contribution in [0.25, 0.3) is 0 Å². The molecule has 0 aliphatic heterocycles. The topological polar surface area (TPSA) is 68.0 Å². The van der Waals surface area contributed by atoms with Gasteiger partial charge in [-0.05, 0) is 13.3 Å². The maximum atomic E-state index is 11.5. The second-order valence-electron chi connectivity index (χ2n) is 3.61. The normalized spacial score (nSPS) is 14.6. The zero-order chi connectivity index (χ0) is 11.3. The van der Waals surface area contributed by atoms with E-state index in [4.69, 9.17) is 5.73 Å². The summed E-state index contributed by atoms with van der Waals surface area (Å²) in [6.45, 7) is 4.40. The van der Waals surface area contributed by atoms with Crippen LogP contribution < -0.4 is 11.1 Å². The Morgan fingerprint density at radius 3 is 2.93 bits per heavy atom. The van der Waals surface area contributed by atoms with Gasteiger partial charge in [0.25, 0.3) is 0 Å². The number of nitrogens with two attached hydrogens (primary N) is 1. The van der Waals surface area contributed by atoms with Crippen molar-refractivity contribution in [1.29, 1.82) is 0 Å². The summed E-state index contributed by atoms with van der Waals surface area (Å²) < 4.78 is 0. The minimum Gasteiger partial charge on any atom is -0.344 e. The van der Waals surface area contributed by atoms with Gasteiger partial charge in [-0.1, -0.05) is 6.92 Å². The lowest BCUT2D eigenvalue weighted by Gasteiger charge is -2.27. The molecule has 15 heavy (non-hydrogen) atoms. The molecule has 0 aromatic carbocycles. The third kappa shape index (κ3) is 3.00. The number of hydrogen-bond donors (Lipinski definition) is 2. The lowest BCUT2D eigenvalue weighted by molar-refractivity contribution is -0.122. The number of carbonyl (C=O) groups is 1. The summed E-state index contributed by atoms with van der Waals surface area (Å²) in [5.41, 5.74) is 4.97. The van der Waals surface area contributed by atoms with Crippen molar-refractivity contribution in [1.82, 2.24) is 10.3 Å². The molecule has 0 radical (unpaired) electrons. The van der Waals surface area contributed by atoms with E-state index >= 15 is 0 Å². The summed E-state index contributed by atoms with van der Waals surface area (Å²) >= 11 is 1.56. The number of amides is 1. The summed E-state index contributed by atoms with van der Waals surface area (Å²) in [5, 5.41) is 5.83. The number of nitrogens with one attached hydrogen (secondary N) is 1. The van der Waals surface area contributed by atoms with Gasteiger partial charge in [0, 0.05) is 24.5 Å². The molecule has 84 valence electrons. The van der Waals surface area contributed by atoms with E-state index in [0.717, 1.165) is 11.4 Å². The maximum Gasteiger partial charge on any atom is 0.222 e. The van der Waals surface area contributed by atoms with Crippen molar-refractivity contribution < 1.29 is 4.79 Å². The Kier molecular flexibility index (Phi) is 4.23. The molecule has 1 aromatic heterocycles. The standard InChI is InChI=1S/C10H17N3OS/c1-3-10(2,9-12-6-7-15-9)13-8(14)4-5-11/h6-7H,3-5,11H2,1-2H3,(H,13,14). The van der Waals surface area contributed by atoms with Gasteiger partial charge in [0.2, 0.25) is 5.91 Å². The minimum absolute atomic E-state index is 0.0166. The van der Waals surface area contributed by atoms with Gasteiger partial charge in [0.15, 0.2) is 0 Å². The molecular weight excluding hydrogens is 210 g/mol. The Labute approximate surface area is 93.9 Å². The van der Waals surface area contributed by atoms with Crippen LogP contribution in [0.2, 0.25) is 0 Å². The number of nitrogens with zero attached hydrogens (tertiary/aromatic N) is 1. The predicted molar refractivity (Wildman–Crippen MR) is 61.6 cm³/mol. The predicted octanol–water partition coefficient (Wildman–Crippen LogP) is 1.23. The Hall–Kier alpha value is -0.940. The third-order valence-corrected chi connectivity index (χ3v) is 3.44. The van der Waals surface area contributed by atoms with Crippen molar-refractivity contribution in [2.75, 3.05) is 6.54 Å². The van der Waals surface area contributed by atoms with Crippen LogP contribution >= 0.6 is 11.3 Å². The van der Waals surface area contributed by atoms with Crippen LogP contribution in [-0.4, -0.2) is 17.4 Å². The third-order valence-electron chi connectivity index (χ3n) is 2.40. The molecule has 3 N–H and O–H groups in total. The summed E-state index contributed by atoms with van der Waals surface area (Å²) in [6.07, 6.45) is 2.93. The number of thiazole rings is 1. The van der Waals surface area contributed by atoms with E-state index in [1.165, 1.54) is 0 Å². The van der Waals surface area contributed by atoms with Gasteiger partial charge in [-0.3, -0.25) is 4.79 Å². The fourth-order valence-electron chi connectivity index (χ4n) is 1.29. The molecule has 1 amide bonds. The summed E-state index contributed by atoms with van der Waals surface area (Å²) in [4.78, 5) is 15.7. The van der Waals surface area contributed by atoms with Gasteiger partial charge in [-0.15, -0.1) is 11.3 Å². The lowest BCUT2D eigenvalue weighted by Crippen LogP contribution is -2.43. The first kappa shape index (κ1) is 12.1. The molecule has 0 aliphatic rings. The largest absolute Gasteiger partial charge is 0.344 e. The smallest absolute Gasteiger partial charge is 0.222 e. The van der Waals surface area contributed by atoms with Crippen LogP contribution in [0.3, 0.4) is 0 Å². The molecule has 4 nitrogen and oxygen atoms in total. The van der Waals surface area contributed by atoms with Crippen molar-refractivity contribution >= 4 is 17.2 Å². The molecule has 0 aliphatic carbocycles. The summed E-state index contributed by atoms with van der Waals surface area (Å²) in [6, 6.07) is 0. The van der Waals surface area contributed by atoms with Gasteiger partial charge in [-0.25, -0.2) is 4.98 Å².